The van der Waals surface area contributed by atoms with Gasteiger partial charge in [0.2, 0.25) is 0 Å². The first-order chi connectivity index (χ1) is 8.08. The quantitative estimate of drug-likeness (QED) is 0.813. The Morgan fingerprint density at radius 1 is 1.59 bits per heavy atom. The summed E-state index contributed by atoms with van der Waals surface area (Å²) in [6, 6.07) is 4.53. The van der Waals surface area contributed by atoms with E-state index in [2.05, 4.69) is 23.7 Å². The van der Waals surface area contributed by atoms with E-state index in [0.717, 1.165) is 17.9 Å². The van der Waals surface area contributed by atoms with Gasteiger partial charge < -0.3 is 10.6 Å². The highest BCUT2D eigenvalue weighted by Crippen LogP contribution is 2.31. The third-order valence-corrected chi connectivity index (χ3v) is 3.11. The Hall–Kier alpha value is -1.16. The largest absolute Gasteiger partial charge is 0.389 e. The number of anilines is 1. The number of hydrogen-bond acceptors (Lipinski definition) is 3. The average molecular weight is 249 g/mol. The summed E-state index contributed by atoms with van der Waals surface area (Å²) in [5, 5.41) is 0. The molecule has 0 aromatic carbocycles. The number of pyridine rings is 1. The Morgan fingerprint density at radius 2 is 2.29 bits per heavy atom. The van der Waals surface area contributed by atoms with Crippen LogP contribution in [0.1, 0.15) is 32.3 Å². The summed E-state index contributed by atoms with van der Waals surface area (Å²) in [4.78, 5) is 7.27. The fourth-order valence-electron chi connectivity index (χ4n) is 1.94. The van der Waals surface area contributed by atoms with Crippen LogP contribution in [0.15, 0.2) is 18.3 Å². The molecule has 92 valence electrons. The van der Waals surface area contributed by atoms with Crippen LogP contribution in [0.4, 0.5) is 5.82 Å². The molecule has 3 nitrogen and oxygen atoms in total. The fourth-order valence-corrected chi connectivity index (χ4v) is 2.06. The van der Waals surface area contributed by atoms with Gasteiger partial charge in [0.1, 0.15) is 10.8 Å². The number of nitrogens with two attached hydrogens (primary N) is 1. The van der Waals surface area contributed by atoms with Crippen LogP contribution in [0.5, 0.6) is 0 Å². The van der Waals surface area contributed by atoms with Crippen molar-refractivity contribution in [2.45, 2.75) is 32.7 Å². The molecule has 2 rings (SSSR count). The average Bonchev–Trinajstić information content (AvgIpc) is 3.09. The molecule has 0 radical (unpaired) electrons. The van der Waals surface area contributed by atoms with E-state index in [0.29, 0.717) is 16.9 Å². The summed E-state index contributed by atoms with van der Waals surface area (Å²) in [6.45, 7) is 5.50. The number of nitrogens with zero attached hydrogens (tertiary/aromatic N) is 2. The predicted octanol–water partition coefficient (Wildman–Crippen LogP) is 2.34. The standard InChI is InChI=1S/C13H19N3S/c1-9(2)8-16(11-3-4-11)12-7-10(13(14)17)5-6-15-12/h5-7,9,11H,3-4,8H2,1-2H3,(H2,14,17). The van der Waals surface area contributed by atoms with Gasteiger partial charge in [-0.25, -0.2) is 4.98 Å². The Morgan fingerprint density at radius 3 is 2.82 bits per heavy atom. The third kappa shape index (κ3) is 3.16. The molecule has 0 saturated heterocycles. The van der Waals surface area contributed by atoms with Crippen LogP contribution < -0.4 is 10.6 Å². The maximum absolute atomic E-state index is 5.66. The van der Waals surface area contributed by atoms with Gasteiger partial charge >= 0.3 is 0 Å². The molecule has 1 aromatic rings. The highest BCUT2D eigenvalue weighted by atomic mass is 32.1. The highest BCUT2D eigenvalue weighted by molar-refractivity contribution is 7.80. The molecular formula is C13H19N3S. The van der Waals surface area contributed by atoms with Gasteiger partial charge in [-0.3, -0.25) is 0 Å². The van der Waals surface area contributed by atoms with Crippen molar-refractivity contribution in [1.82, 2.24) is 4.98 Å². The summed E-state index contributed by atoms with van der Waals surface area (Å²) in [6.07, 6.45) is 4.33. The topological polar surface area (TPSA) is 42.1 Å². The molecule has 0 bridgehead atoms. The zero-order valence-electron chi connectivity index (χ0n) is 10.4. The second-order valence-electron chi connectivity index (χ2n) is 5.04. The number of rotatable bonds is 5. The normalized spacial score (nSPS) is 15.0. The lowest BCUT2D eigenvalue weighted by atomic mass is 10.2. The van der Waals surface area contributed by atoms with Gasteiger partial charge in [0, 0.05) is 24.3 Å². The Bertz CT molecular complexity index is 413. The lowest BCUT2D eigenvalue weighted by Crippen LogP contribution is -2.30. The van der Waals surface area contributed by atoms with Crippen molar-refractivity contribution in [3.8, 4) is 0 Å². The first kappa shape index (κ1) is 12.3. The lowest BCUT2D eigenvalue weighted by Gasteiger charge is -2.25. The van der Waals surface area contributed by atoms with Crippen molar-refractivity contribution < 1.29 is 0 Å². The molecule has 1 aliphatic carbocycles. The molecule has 1 aromatic heterocycles. The van der Waals surface area contributed by atoms with E-state index in [9.17, 15) is 0 Å². The molecule has 0 aliphatic heterocycles. The van der Waals surface area contributed by atoms with Gasteiger partial charge in [0.15, 0.2) is 0 Å². The zero-order chi connectivity index (χ0) is 12.4. The van der Waals surface area contributed by atoms with Crippen molar-refractivity contribution >= 4 is 23.0 Å². The van der Waals surface area contributed by atoms with Crippen LogP contribution in [0.2, 0.25) is 0 Å². The summed E-state index contributed by atoms with van der Waals surface area (Å²) in [7, 11) is 0. The predicted molar refractivity (Wildman–Crippen MR) is 75.3 cm³/mol. The fraction of sp³-hybridized carbons (Fsp3) is 0.538. The summed E-state index contributed by atoms with van der Waals surface area (Å²) in [5.74, 6) is 1.64. The second-order valence-corrected chi connectivity index (χ2v) is 5.48. The molecule has 4 heteroatoms. The van der Waals surface area contributed by atoms with Gasteiger partial charge in [-0.05, 0) is 30.9 Å². The maximum atomic E-state index is 5.66. The third-order valence-electron chi connectivity index (χ3n) is 2.87. The molecule has 1 fully saturated rings. The van der Waals surface area contributed by atoms with Crippen molar-refractivity contribution in [2.75, 3.05) is 11.4 Å². The van der Waals surface area contributed by atoms with E-state index in [1.54, 1.807) is 6.20 Å². The maximum Gasteiger partial charge on any atom is 0.129 e. The monoisotopic (exact) mass is 249 g/mol. The van der Waals surface area contributed by atoms with Gasteiger partial charge in [0.05, 0.1) is 0 Å². The second kappa shape index (κ2) is 5.00. The van der Waals surface area contributed by atoms with Crippen LogP contribution in [0.25, 0.3) is 0 Å². The minimum atomic E-state index is 0.439. The van der Waals surface area contributed by atoms with Gasteiger partial charge in [-0.1, -0.05) is 26.1 Å². The van der Waals surface area contributed by atoms with Crippen molar-refractivity contribution in [2.24, 2.45) is 11.7 Å². The van der Waals surface area contributed by atoms with Crippen molar-refractivity contribution in [3.05, 3.63) is 23.9 Å². The Balaban J connectivity index is 2.22. The minimum Gasteiger partial charge on any atom is -0.389 e. The van der Waals surface area contributed by atoms with Gasteiger partial charge in [-0.15, -0.1) is 0 Å². The first-order valence-electron chi connectivity index (χ1n) is 6.10. The van der Waals surface area contributed by atoms with Crippen LogP contribution in [0.3, 0.4) is 0 Å². The Labute approximate surface area is 108 Å². The zero-order valence-corrected chi connectivity index (χ0v) is 11.2. The van der Waals surface area contributed by atoms with E-state index >= 15 is 0 Å². The van der Waals surface area contributed by atoms with Crippen LogP contribution in [-0.4, -0.2) is 22.6 Å². The molecule has 0 spiro atoms. The molecular weight excluding hydrogens is 230 g/mol. The highest BCUT2D eigenvalue weighted by Gasteiger charge is 2.30. The van der Waals surface area contributed by atoms with E-state index in [-0.39, 0.29) is 0 Å². The van der Waals surface area contributed by atoms with Gasteiger partial charge in [-0.2, -0.15) is 0 Å². The number of hydrogen-bond donors (Lipinski definition) is 1. The van der Waals surface area contributed by atoms with E-state index in [4.69, 9.17) is 18.0 Å². The van der Waals surface area contributed by atoms with Crippen LogP contribution in [-0.2, 0) is 0 Å². The van der Waals surface area contributed by atoms with Gasteiger partial charge in [0.25, 0.3) is 0 Å². The minimum absolute atomic E-state index is 0.439. The molecule has 1 heterocycles. The molecule has 1 aliphatic rings. The van der Waals surface area contributed by atoms with Crippen molar-refractivity contribution in [3.63, 3.8) is 0 Å². The molecule has 0 atom stereocenters. The summed E-state index contributed by atoms with van der Waals surface area (Å²) in [5.41, 5.74) is 6.56. The Kier molecular flexibility index (Phi) is 3.62. The van der Waals surface area contributed by atoms with E-state index in [1.165, 1.54) is 12.8 Å². The van der Waals surface area contributed by atoms with E-state index < -0.39 is 0 Å². The first-order valence-corrected chi connectivity index (χ1v) is 6.51. The van der Waals surface area contributed by atoms with Crippen LogP contribution in [0, 0.1) is 5.92 Å². The smallest absolute Gasteiger partial charge is 0.129 e. The lowest BCUT2D eigenvalue weighted by molar-refractivity contribution is 0.603. The van der Waals surface area contributed by atoms with Crippen LogP contribution >= 0.6 is 12.2 Å². The van der Waals surface area contributed by atoms with E-state index in [1.807, 2.05) is 12.1 Å². The summed E-state index contributed by atoms with van der Waals surface area (Å²) >= 11 is 5.01. The summed E-state index contributed by atoms with van der Waals surface area (Å²) < 4.78 is 0. The molecule has 0 amide bonds. The molecule has 2 N–H and O–H groups in total. The SMILES string of the molecule is CC(C)CN(c1cc(C(N)=S)ccn1)C1CC1. The number of thiocarbonyl (C=S) groups is 1. The molecule has 1 saturated carbocycles. The molecule has 17 heavy (non-hydrogen) atoms. The number of aromatic nitrogens is 1. The molecule has 0 unspecified atom stereocenters. The van der Waals surface area contributed by atoms with Crippen molar-refractivity contribution in [1.29, 1.82) is 0 Å².